The Hall–Kier alpha value is -1.79. The minimum Gasteiger partial charge on any atom is -0.462 e. The standard InChI is InChI=1S/C18H21NO3S2/c1-4-22-18(21)16-12(2)13(3)24-17(16)19-15(20)10-11-23-14-8-6-5-7-9-14/h5-9H,4,10-11H2,1-3H3,(H,19,20). The van der Waals surface area contributed by atoms with Crippen LogP contribution in [0.25, 0.3) is 0 Å². The average Bonchev–Trinajstić information content (AvgIpc) is 2.83. The summed E-state index contributed by atoms with van der Waals surface area (Å²) in [5.74, 6) is 0.215. The van der Waals surface area contributed by atoms with Crippen LogP contribution in [0.15, 0.2) is 35.2 Å². The molecule has 1 aromatic carbocycles. The normalized spacial score (nSPS) is 10.5. The van der Waals surface area contributed by atoms with Crippen molar-refractivity contribution in [3.05, 3.63) is 46.3 Å². The third-order valence-electron chi connectivity index (χ3n) is 3.46. The summed E-state index contributed by atoms with van der Waals surface area (Å²) in [5, 5.41) is 3.44. The molecular weight excluding hydrogens is 342 g/mol. The van der Waals surface area contributed by atoms with Gasteiger partial charge in [-0.05, 0) is 38.5 Å². The largest absolute Gasteiger partial charge is 0.462 e. The summed E-state index contributed by atoms with van der Waals surface area (Å²) >= 11 is 3.05. The van der Waals surface area contributed by atoms with E-state index in [4.69, 9.17) is 4.74 Å². The molecule has 0 saturated carbocycles. The van der Waals surface area contributed by atoms with Gasteiger partial charge >= 0.3 is 5.97 Å². The molecule has 0 spiro atoms. The van der Waals surface area contributed by atoms with Gasteiger partial charge in [0, 0.05) is 21.9 Å². The summed E-state index contributed by atoms with van der Waals surface area (Å²) in [5.41, 5.74) is 1.34. The summed E-state index contributed by atoms with van der Waals surface area (Å²) in [4.78, 5) is 26.4. The third-order valence-corrected chi connectivity index (χ3v) is 5.60. The first-order chi connectivity index (χ1) is 11.5. The molecule has 0 atom stereocenters. The Morgan fingerprint density at radius 3 is 2.58 bits per heavy atom. The number of carbonyl (C=O) groups is 2. The topological polar surface area (TPSA) is 55.4 Å². The van der Waals surface area contributed by atoms with Crippen LogP contribution in [0.3, 0.4) is 0 Å². The molecule has 0 unspecified atom stereocenters. The second-order valence-electron chi connectivity index (χ2n) is 5.17. The van der Waals surface area contributed by atoms with Crippen molar-refractivity contribution < 1.29 is 14.3 Å². The summed E-state index contributed by atoms with van der Waals surface area (Å²) in [6.07, 6.45) is 0.387. The number of thioether (sulfide) groups is 1. The summed E-state index contributed by atoms with van der Waals surface area (Å²) in [7, 11) is 0. The van der Waals surface area contributed by atoms with Crippen molar-refractivity contribution in [2.45, 2.75) is 32.1 Å². The fourth-order valence-corrected chi connectivity index (χ4v) is 4.07. The van der Waals surface area contributed by atoms with Gasteiger partial charge < -0.3 is 10.1 Å². The van der Waals surface area contributed by atoms with Crippen LogP contribution in [0.1, 0.15) is 34.1 Å². The lowest BCUT2D eigenvalue weighted by molar-refractivity contribution is -0.115. The fraction of sp³-hybridized carbons (Fsp3) is 0.333. The van der Waals surface area contributed by atoms with E-state index in [2.05, 4.69) is 5.32 Å². The number of nitrogens with one attached hydrogen (secondary N) is 1. The Kier molecular flexibility index (Phi) is 6.87. The van der Waals surface area contributed by atoms with E-state index in [-0.39, 0.29) is 11.9 Å². The van der Waals surface area contributed by atoms with Crippen LogP contribution >= 0.6 is 23.1 Å². The summed E-state index contributed by atoms with van der Waals surface area (Å²) < 4.78 is 5.10. The SMILES string of the molecule is CCOC(=O)c1c(NC(=O)CCSc2ccccc2)sc(C)c1C. The minimum absolute atomic E-state index is 0.0924. The van der Waals surface area contributed by atoms with E-state index in [0.717, 1.165) is 15.3 Å². The smallest absolute Gasteiger partial charge is 0.341 e. The molecule has 1 heterocycles. The number of aryl methyl sites for hydroxylation is 1. The second-order valence-corrected chi connectivity index (χ2v) is 7.56. The van der Waals surface area contributed by atoms with Crippen LogP contribution in [0.5, 0.6) is 0 Å². The molecule has 2 rings (SSSR count). The molecule has 6 heteroatoms. The summed E-state index contributed by atoms with van der Waals surface area (Å²) in [6, 6.07) is 9.96. The summed E-state index contributed by atoms with van der Waals surface area (Å²) in [6.45, 7) is 5.89. The van der Waals surface area contributed by atoms with E-state index in [1.807, 2.05) is 44.2 Å². The van der Waals surface area contributed by atoms with E-state index >= 15 is 0 Å². The van der Waals surface area contributed by atoms with Crippen molar-refractivity contribution in [1.82, 2.24) is 0 Å². The molecule has 0 aliphatic carbocycles. The van der Waals surface area contributed by atoms with Gasteiger partial charge in [0.25, 0.3) is 0 Å². The van der Waals surface area contributed by atoms with Crippen LogP contribution in [0.2, 0.25) is 0 Å². The number of benzene rings is 1. The van der Waals surface area contributed by atoms with Crippen molar-refractivity contribution in [3.8, 4) is 0 Å². The predicted octanol–water partition coefficient (Wildman–Crippen LogP) is 4.66. The molecule has 24 heavy (non-hydrogen) atoms. The minimum atomic E-state index is -0.381. The van der Waals surface area contributed by atoms with Gasteiger partial charge in [-0.3, -0.25) is 4.79 Å². The lowest BCUT2D eigenvalue weighted by atomic mass is 10.1. The molecular formula is C18H21NO3S2. The maximum absolute atomic E-state index is 12.2. The zero-order chi connectivity index (χ0) is 17.5. The van der Waals surface area contributed by atoms with E-state index in [9.17, 15) is 9.59 Å². The highest BCUT2D eigenvalue weighted by Crippen LogP contribution is 2.33. The van der Waals surface area contributed by atoms with Gasteiger partial charge in [-0.2, -0.15) is 0 Å². The molecule has 1 N–H and O–H groups in total. The van der Waals surface area contributed by atoms with Gasteiger partial charge in [-0.15, -0.1) is 23.1 Å². The van der Waals surface area contributed by atoms with Crippen LogP contribution in [-0.2, 0) is 9.53 Å². The van der Waals surface area contributed by atoms with Gasteiger partial charge in [0.2, 0.25) is 5.91 Å². The van der Waals surface area contributed by atoms with Crippen molar-refractivity contribution in [3.63, 3.8) is 0 Å². The maximum Gasteiger partial charge on any atom is 0.341 e. The molecule has 128 valence electrons. The first-order valence-corrected chi connectivity index (χ1v) is 9.58. The van der Waals surface area contributed by atoms with Crippen molar-refractivity contribution in [2.24, 2.45) is 0 Å². The molecule has 0 aliphatic heterocycles. The van der Waals surface area contributed by atoms with Gasteiger partial charge in [-0.1, -0.05) is 18.2 Å². The molecule has 1 amide bonds. The maximum atomic E-state index is 12.2. The van der Waals surface area contributed by atoms with Crippen molar-refractivity contribution >= 4 is 40.0 Å². The number of carbonyl (C=O) groups excluding carboxylic acids is 2. The zero-order valence-electron chi connectivity index (χ0n) is 14.0. The Morgan fingerprint density at radius 2 is 1.92 bits per heavy atom. The highest BCUT2D eigenvalue weighted by molar-refractivity contribution is 7.99. The monoisotopic (exact) mass is 363 g/mol. The van der Waals surface area contributed by atoms with E-state index in [1.54, 1.807) is 18.7 Å². The molecule has 0 saturated heterocycles. The first kappa shape index (κ1) is 18.5. The Balaban J connectivity index is 1.96. The number of hydrogen-bond donors (Lipinski definition) is 1. The van der Waals surface area contributed by atoms with Gasteiger partial charge in [0.15, 0.2) is 0 Å². The number of rotatable bonds is 7. The number of amides is 1. The Labute approximate surface area is 150 Å². The molecule has 0 radical (unpaired) electrons. The lowest BCUT2D eigenvalue weighted by Crippen LogP contribution is -2.15. The zero-order valence-corrected chi connectivity index (χ0v) is 15.7. The van der Waals surface area contributed by atoms with Crippen LogP contribution < -0.4 is 5.32 Å². The molecule has 2 aromatic rings. The number of esters is 1. The highest BCUT2D eigenvalue weighted by Gasteiger charge is 2.21. The number of thiophene rings is 1. The van der Waals surface area contributed by atoms with Gasteiger partial charge in [0.1, 0.15) is 5.00 Å². The Morgan fingerprint density at radius 1 is 1.21 bits per heavy atom. The van der Waals surface area contributed by atoms with Crippen LogP contribution in [0, 0.1) is 13.8 Å². The quantitative estimate of drug-likeness (QED) is 0.574. The van der Waals surface area contributed by atoms with Gasteiger partial charge in [-0.25, -0.2) is 4.79 Å². The van der Waals surface area contributed by atoms with E-state index in [1.165, 1.54) is 11.3 Å². The molecule has 0 fully saturated rings. The van der Waals surface area contributed by atoms with Crippen molar-refractivity contribution in [1.29, 1.82) is 0 Å². The third kappa shape index (κ3) is 4.85. The van der Waals surface area contributed by atoms with Gasteiger partial charge in [0.05, 0.1) is 12.2 Å². The predicted molar refractivity (Wildman–Crippen MR) is 100 cm³/mol. The van der Waals surface area contributed by atoms with Crippen molar-refractivity contribution in [2.75, 3.05) is 17.7 Å². The average molecular weight is 364 g/mol. The number of hydrogen-bond acceptors (Lipinski definition) is 5. The molecule has 1 aromatic heterocycles. The highest BCUT2D eigenvalue weighted by atomic mass is 32.2. The fourth-order valence-electron chi connectivity index (χ4n) is 2.13. The van der Waals surface area contributed by atoms with Crippen LogP contribution in [0.4, 0.5) is 5.00 Å². The molecule has 0 aliphatic rings. The number of ether oxygens (including phenoxy) is 1. The second kappa shape index (κ2) is 8.89. The lowest BCUT2D eigenvalue weighted by Gasteiger charge is -2.07. The number of anilines is 1. The molecule has 0 bridgehead atoms. The van der Waals surface area contributed by atoms with Crippen LogP contribution in [-0.4, -0.2) is 24.2 Å². The first-order valence-electron chi connectivity index (χ1n) is 7.77. The van der Waals surface area contributed by atoms with E-state index in [0.29, 0.717) is 29.3 Å². The Bertz CT molecular complexity index is 711. The molecule has 4 nitrogen and oxygen atoms in total. The van der Waals surface area contributed by atoms with E-state index < -0.39 is 0 Å².